The van der Waals surface area contributed by atoms with Crippen molar-refractivity contribution in [3.8, 4) is 22.9 Å². The van der Waals surface area contributed by atoms with Crippen molar-refractivity contribution in [2.24, 2.45) is 0 Å². The van der Waals surface area contributed by atoms with Crippen molar-refractivity contribution < 1.29 is 9.47 Å². The van der Waals surface area contributed by atoms with Crippen LogP contribution in [0.2, 0.25) is 0 Å². The van der Waals surface area contributed by atoms with Crippen LogP contribution < -0.4 is 19.6 Å². The lowest BCUT2D eigenvalue weighted by atomic mass is 10.2. The number of thiazole rings is 1. The number of rotatable bonds is 4. The van der Waals surface area contributed by atoms with Gasteiger partial charge < -0.3 is 9.47 Å². The Bertz CT molecular complexity index is 1160. The highest BCUT2D eigenvalue weighted by Crippen LogP contribution is 2.20. The molecule has 0 bridgehead atoms. The fraction of sp³-hybridized carbons (Fsp3) is 0.105. The SMILES string of the molecule is COc1ccc(C=c2sc3nc(-c4ccc(OC)cc4)nn3c2=O)cc1. The first-order chi connectivity index (χ1) is 12.7. The number of ether oxygens (including phenoxy) is 2. The van der Waals surface area contributed by atoms with Crippen molar-refractivity contribution in [1.29, 1.82) is 0 Å². The summed E-state index contributed by atoms with van der Waals surface area (Å²) in [4.78, 5) is 17.6. The largest absolute Gasteiger partial charge is 0.497 e. The Morgan fingerprint density at radius 1 is 0.962 bits per heavy atom. The minimum atomic E-state index is -0.173. The molecule has 4 rings (SSSR count). The molecule has 0 radical (unpaired) electrons. The van der Waals surface area contributed by atoms with E-state index in [4.69, 9.17) is 9.47 Å². The number of hydrogen-bond acceptors (Lipinski definition) is 6. The van der Waals surface area contributed by atoms with Crippen molar-refractivity contribution in [2.75, 3.05) is 14.2 Å². The molecule has 0 saturated heterocycles. The Hall–Kier alpha value is -3.19. The van der Waals surface area contributed by atoms with Crippen molar-refractivity contribution in [3.63, 3.8) is 0 Å². The van der Waals surface area contributed by atoms with Crippen molar-refractivity contribution in [2.45, 2.75) is 0 Å². The molecular formula is C19H15N3O3S. The van der Waals surface area contributed by atoms with E-state index in [-0.39, 0.29) is 5.56 Å². The van der Waals surface area contributed by atoms with Gasteiger partial charge in [-0.2, -0.15) is 9.50 Å². The average molecular weight is 365 g/mol. The monoisotopic (exact) mass is 365 g/mol. The van der Waals surface area contributed by atoms with Crippen molar-refractivity contribution >= 4 is 22.4 Å². The van der Waals surface area contributed by atoms with Gasteiger partial charge in [0.25, 0.3) is 5.56 Å². The third-order valence-electron chi connectivity index (χ3n) is 3.94. The fourth-order valence-corrected chi connectivity index (χ4v) is 3.46. The van der Waals surface area contributed by atoms with Crippen LogP contribution >= 0.6 is 11.3 Å². The third-order valence-corrected chi connectivity index (χ3v) is 4.90. The summed E-state index contributed by atoms with van der Waals surface area (Å²) in [6.07, 6.45) is 1.83. The van der Waals surface area contributed by atoms with E-state index in [2.05, 4.69) is 10.1 Å². The van der Waals surface area contributed by atoms with E-state index >= 15 is 0 Å². The molecule has 0 spiro atoms. The third kappa shape index (κ3) is 2.93. The first-order valence-electron chi connectivity index (χ1n) is 7.88. The van der Waals surface area contributed by atoms with Crippen LogP contribution in [0.25, 0.3) is 22.4 Å². The zero-order chi connectivity index (χ0) is 18.1. The lowest BCUT2D eigenvalue weighted by Gasteiger charge is -1.99. The van der Waals surface area contributed by atoms with E-state index in [9.17, 15) is 4.79 Å². The van der Waals surface area contributed by atoms with Crippen LogP contribution in [0.15, 0.2) is 53.3 Å². The van der Waals surface area contributed by atoms with Crippen LogP contribution in [0.1, 0.15) is 5.56 Å². The average Bonchev–Trinajstić information content (AvgIpc) is 3.22. The molecule has 0 N–H and O–H groups in total. The fourth-order valence-electron chi connectivity index (χ4n) is 2.55. The van der Waals surface area contributed by atoms with Crippen LogP contribution in [-0.4, -0.2) is 28.8 Å². The summed E-state index contributed by atoms with van der Waals surface area (Å²) < 4.78 is 12.2. The molecule has 0 amide bonds. The number of benzene rings is 2. The zero-order valence-corrected chi connectivity index (χ0v) is 15.0. The highest BCUT2D eigenvalue weighted by Gasteiger charge is 2.12. The molecule has 2 aromatic carbocycles. The molecule has 7 heteroatoms. The Balaban J connectivity index is 1.72. The quantitative estimate of drug-likeness (QED) is 0.556. The van der Waals surface area contributed by atoms with Gasteiger partial charge in [0.05, 0.1) is 18.8 Å². The van der Waals surface area contributed by atoms with Crippen molar-refractivity contribution in [3.05, 3.63) is 69.0 Å². The molecule has 0 fully saturated rings. The van der Waals surface area contributed by atoms with E-state index in [1.807, 2.05) is 54.6 Å². The lowest BCUT2D eigenvalue weighted by Crippen LogP contribution is -2.23. The number of aromatic nitrogens is 3. The molecule has 6 nitrogen and oxygen atoms in total. The van der Waals surface area contributed by atoms with Crippen LogP contribution in [-0.2, 0) is 0 Å². The number of fused-ring (bicyclic) bond motifs is 1. The summed E-state index contributed by atoms with van der Waals surface area (Å²) in [6.45, 7) is 0. The Kier molecular flexibility index (Phi) is 4.14. The number of methoxy groups -OCH3 is 2. The molecule has 26 heavy (non-hydrogen) atoms. The molecule has 2 aromatic heterocycles. The standard InChI is InChI=1S/C19H15N3O3S/c1-24-14-7-3-12(4-8-14)11-16-18(23)22-19(26-16)20-17(21-22)13-5-9-15(25-2)10-6-13/h3-11H,1-2H3. The highest BCUT2D eigenvalue weighted by atomic mass is 32.1. The molecule has 0 saturated carbocycles. The molecular weight excluding hydrogens is 350 g/mol. The maximum Gasteiger partial charge on any atom is 0.291 e. The smallest absolute Gasteiger partial charge is 0.291 e. The van der Waals surface area contributed by atoms with E-state index in [0.717, 1.165) is 22.6 Å². The van der Waals surface area contributed by atoms with Crippen LogP contribution in [0.5, 0.6) is 11.5 Å². The Morgan fingerprint density at radius 3 is 2.15 bits per heavy atom. The molecule has 2 heterocycles. The predicted octanol–water partition coefficient (Wildman–Crippen LogP) is 2.38. The van der Waals surface area contributed by atoms with Gasteiger partial charge in [-0.3, -0.25) is 4.79 Å². The van der Waals surface area contributed by atoms with Gasteiger partial charge in [-0.05, 0) is 48.0 Å². The topological polar surface area (TPSA) is 65.7 Å². The first-order valence-corrected chi connectivity index (χ1v) is 8.69. The molecule has 0 atom stereocenters. The van der Waals surface area contributed by atoms with Gasteiger partial charge in [-0.15, -0.1) is 5.10 Å². The van der Waals surface area contributed by atoms with Gasteiger partial charge in [0, 0.05) is 5.56 Å². The second-order valence-electron chi connectivity index (χ2n) is 5.55. The maximum absolute atomic E-state index is 12.6. The predicted molar refractivity (Wildman–Crippen MR) is 101 cm³/mol. The molecule has 130 valence electrons. The van der Waals surface area contributed by atoms with Crippen LogP contribution in [0.4, 0.5) is 0 Å². The van der Waals surface area contributed by atoms with Gasteiger partial charge >= 0.3 is 0 Å². The van der Waals surface area contributed by atoms with Gasteiger partial charge in [0.2, 0.25) is 4.96 Å². The second-order valence-corrected chi connectivity index (χ2v) is 6.56. The molecule has 4 aromatic rings. The molecule has 0 unspecified atom stereocenters. The van der Waals surface area contributed by atoms with Gasteiger partial charge in [-0.1, -0.05) is 23.5 Å². The minimum absolute atomic E-state index is 0.173. The van der Waals surface area contributed by atoms with E-state index in [1.165, 1.54) is 15.9 Å². The normalized spacial score (nSPS) is 11.8. The van der Waals surface area contributed by atoms with Gasteiger partial charge in [0.15, 0.2) is 5.82 Å². The summed E-state index contributed by atoms with van der Waals surface area (Å²) in [5, 5.41) is 4.35. The molecule has 0 aliphatic carbocycles. The Morgan fingerprint density at radius 2 is 1.58 bits per heavy atom. The summed E-state index contributed by atoms with van der Waals surface area (Å²) in [5.41, 5.74) is 1.58. The summed E-state index contributed by atoms with van der Waals surface area (Å²) >= 11 is 1.32. The van der Waals surface area contributed by atoms with Gasteiger partial charge in [0.1, 0.15) is 11.5 Å². The molecule has 0 aliphatic heterocycles. The van der Waals surface area contributed by atoms with E-state index in [0.29, 0.717) is 15.3 Å². The zero-order valence-electron chi connectivity index (χ0n) is 14.2. The molecule has 0 aliphatic rings. The van der Waals surface area contributed by atoms with Crippen LogP contribution in [0.3, 0.4) is 0 Å². The summed E-state index contributed by atoms with van der Waals surface area (Å²) in [5.74, 6) is 2.05. The van der Waals surface area contributed by atoms with Gasteiger partial charge in [-0.25, -0.2) is 0 Å². The van der Waals surface area contributed by atoms with Crippen LogP contribution in [0, 0.1) is 0 Å². The number of nitrogens with zero attached hydrogens (tertiary/aromatic N) is 3. The van der Waals surface area contributed by atoms with E-state index in [1.54, 1.807) is 14.2 Å². The highest BCUT2D eigenvalue weighted by molar-refractivity contribution is 7.15. The lowest BCUT2D eigenvalue weighted by molar-refractivity contribution is 0.414. The van der Waals surface area contributed by atoms with Crippen molar-refractivity contribution in [1.82, 2.24) is 14.6 Å². The number of hydrogen-bond donors (Lipinski definition) is 0. The minimum Gasteiger partial charge on any atom is -0.497 e. The second kappa shape index (κ2) is 6.61. The first kappa shape index (κ1) is 16.3. The van der Waals surface area contributed by atoms with E-state index < -0.39 is 0 Å². The summed E-state index contributed by atoms with van der Waals surface area (Å²) in [7, 11) is 3.24. The Labute approximate surface area is 153 Å². The maximum atomic E-state index is 12.6. The summed E-state index contributed by atoms with van der Waals surface area (Å²) in [6, 6.07) is 14.9.